The molecule has 58 heavy (non-hydrogen) atoms. The molecule has 0 fully saturated rings. The zero-order valence-electron chi connectivity index (χ0n) is 34.3. The highest BCUT2D eigenvalue weighted by molar-refractivity contribution is 6.08. The summed E-state index contributed by atoms with van der Waals surface area (Å²) < 4.78 is 18.6. The highest BCUT2D eigenvalue weighted by atomic mass is 16.5. The number of allylic oxidation sites excluding steroid dienone is 3. The number of rotatable bonds is 16. The lowest BCUT2D eigenvalue weighted by molar-refractivity contribution is -0.527. The minimum absolute atomic E-state index is 0.189. The van der Waals surface area contributed by atoms with Crippen molar-refractivity contribution in [2.45, 2.75) is 85.0 Å². The van der Waals surface area contributed by atoms with Crippen LogP contribution in [0.25, 0.3) is 33.4 Å². The van der Waals surface area contributed by atoms with E-state index in [9.17, 15) is 19.8 Å². The second-order valence-electron chi connectivity index (χ2n) is 15.6. The Kier molecular flexibility index (Phi) is 12.7. The second kappa shape index (κ2) is 18.2. The summed E-state index contributed by atoms with van der Waals surface area (Å²) in [5, 5.41) is 22.8. The molecule has 3 aromatic carbocycles. The predicted octanol–water partition coefficient (Wildman–Crippen LogP) is 10.6. The lowest BCUT2D eigenvalue weighted by Gasteiger charge is -2.36. The lowest BCUT2D eigenvalue weighted by Crippen LogP contribution is -2.32. The van der Waals surface area contributed by atoms with Crippen molar-refractivity contribution in [1.29, 1.82) is 0 Å². The van der Waals surface area contributed by atoms with E-state index in [1.54, 1.807) is 24.3 Å². The van der Waals surface area contributed by atoms with E-state index in [0.717, 1.165) is 116 Å². The summed E-state index contributed by atoms with van der Waals surface area (Å²) in [6.07, 6.45) is 15.2. The molecule has 2 N–H and O–H groups in total. The summed E-state index contributed by atoms with van der Waals surface area (Å²) in [7, 11) is 0. The van der Waals surface area contributed by atoms with Crippen LogP contribution in [0.4, 0.5) is 0 Å². The number of nitrogens with zero attached hydrogens (tertiary/aromatic N) is 2. The van der Waals surface area contributed by atoms with Crippen molar-refractivity contribution in [1.82, 2.24) is 4.58 Å². The molecular formula is C50H56N2O6+2. The van der Waals surface area contributed by atoms with Crippen molar-refractivity contribution >= 4 is 28.6 Å². The molecule has 3 aromatic rings. The van der Waals surface area contributed by atoms with Gasteiger partial charge in [-0.05, 0) is 35.4 Å². The van der Waals surface area contributed by atoms with Gasteiger partial charge in [-0.15, -0.1) is 0 Å². The average molecular weight is 781 g/mol. The van der Waals surface area contributed by atoms with Crippen LogP contribution >= 0.6 is 0 Å². The average Bonchev–Trinajstić information content (AvgIpc) is 3.23. The van der Waals surface area contributed by atoms with Gasteiger partial charge in [-0.3, -0.25) is 0 Å². The Morgan fingerprint density at radius 2 is 1.29 bits per heavy atom. The molecule has 0 aromatic heterocycles. The molecule has 0 radical (unpaired) electrons. The fourth-order valence-corrected chi connectivity index (χ4v) is 8.57. The number of benzene rings is 4. The molecular weight excluding hydrogens is 725 g/mol. The molecule has 7 rings (SSSR count). The Balaban J connectivity index is 1.53. The minimum atomic E-state index is -1.02. The van der Waals surface area contributed by atoms with Gasteiger partial charge in [0.2, 0.25) is 11.1 Å². The van der Waals surface area contributed by atoms with E-state index in [2.05, 4.69) is 73.3 Å². The largest absolute Gasteiger partial charge is 0.478 e. The van der Waals surface area contributed by atoms with Gasteiger partial charge in [0.05, 0.1) is 17.2 Å². The van der Waals surface area contributed by atoms with E-state index in [0.29, 0.717) is 28.2 Å². The number of unbranched alkanes of at least 4 members (excludes halogenated alkanes) is 4. The summed E-state index contributed by atoms with van der Waals surface area (Å²) in [6, 6.07) is 24.6. The SMILES string of the molecule is CCCC[N+](CCCC)=C1C=CC2C(=C1)Oc1cc3oc4cc(=[N+](CCCC)CCCC)ccc-4c(-c4ccccc4C(=O)O)c3cc1C2c1ccccc1C(=O)O. The number of fused-ring (bicyclic) bond motifs is 4. The molecule has 2 aliphatic heterocycles. The van der Waals surface area contributed by atoms with Gasteiger partial charge in [0.1, 0.15) is 49.0 Å². The van der Waals surface area contributed by atoms with Crippen LogP contribution in [0.2, 0.25) is 0 Å². The van der Waals surface area contributed by atoms with Crippen LogP contribution in [0, 0.1) is 5.92 Å². The summed E-state index contributed by atoms with van der Waals surface area (Å²) in [4.78, 5) is 25.6. The third kappa shape index (κ3) is 8.15. The van der Waals surface area contributed by atoms with Crippen molar-refractivity contribution in [2.75, 3.05) is 26.2 Å². The van der Waals surface area contributed by atoms with Crippen LogP contribution in [0.3, 0.4) is 0 Å². The highest BCUT2D eigenvalue weighted by Crippen LogP contribution is 2.51. The molecule has 300 valence electrons. The number of hydrogen-bond acceptors (Lipinski definition) is 4. The maximum Gasteiger partial charge on any atom is 0.336 e. The van der Waals surface area contributed by atoms with Crippen molar-refractivity contribution in [3.8, 4) is 28.2 Å². The molecule has 0 bridgehead atoms. The van der Waals surface area contributed by atoms with E-state index in [-0.39, 0.29) is 17.0 Å². The molecule has 2 unspecified atom stereocenters. The summed E-state index contributed by atoms with van der Waals surface area (Å²) >= 11 is 0. The highest BCUT2D eigenvalue weighted by Gasteiger charge is 2.40. The zero-order valence-corrected chi connectivity index (χ0v) is 34.3. The molecule has 8 heteroatoms. The Morgan fingerprint density at radius 1 is 0.672 bits per heavy atom. The Hall–Kier alpha value is -5.76. The number of carbonyl (C=O) groups is 2. The smallest absolute Gasteiger partial charge is 0.336 e. The molecule has 2 atom stereocenters. The first-order valence-corrected chi connectivity index (χ1v) is 21.2. The number of aromatic carboxylic acids is 2. The molecule has 0 amide bonds. The first-order valence-electron chi connectivity index (χ1n) is 21.2. The van der Waals surface area contributed by atoms with Crippen LogP contribution < -0.4 is 14.7 Å². The van der Waals surface area contributed by atoms with Crippen molar-refractivity contribution in [2.24, 2.45) is 5.92 Å². The summed E-state index contributed by atoms with van der Waals surface area (Å²) in [5.41, 5.74) is 5.70. The second-order valence-corrected chi connectivity index (χ2v) is 15.6. The van der Waals surface area contributed by atoms with Gasteiger partial charge in [-0.2, -0.15) is 0 Å². The number of carboxylic acids is 2. The summed E-state index contributed by atoms with van der Waals surface area (Å²) in [6.45, 7) is 12.6. The van der Waals surface area contributed by atoms with Gasteiger partial charge in [0, 0.05) is 83.9 Å². The maximum atomic E-state index is 12.8. The molecule has 0 saturated heterocycles. The van der Waals surface area contributed by atoms with Crippen molar-refractivity contribution in [3.05, 3.63) is 130 Å². The van der Waals surface area contributed by atoms with Crippen LogP contribution in [-0.2, 0) is 0 Å². The van der Waals surface area contributed by atoms with E-state index < -0.39 is 17.9 Å². The normalized spacial score (nSPS) is 15.8. The van der Waals surface area contributed by atoms with Gasteiger partial charge >= 0.3 is 11.9 Å². The zero-order chi connectivity index (χ0) is 40.8. The van der Waals surface area contributed by atoms with Gasteiger partial charge in [0.15, 0.2) is 0 Å². The van der Waals surface area contributed by atoms with Gasteiger partial charge < -0.3 is 19.4 Å². The Labute approximate surface area is 341 Å². The van der Waals surface area contributed by atoms with Crippen molar-refractivity contribution in [3.63, 3.8) is 0 Å². The molecule has 2 heterocycles. The molecule has 4 aliphatic rings. The predicted molar refractivity (Wildman–Crippen MR) is 231 cm³/mol. The summed E-state index contributed by atoms with van der Waals surface area (Å²) in [5.74, 6) is -0.696. The van der Waals surface area contributed by atoms with E-state index in [4.69, 9.17) is 9.15 Å². The standard InChI is InChI=1S/C50H54N2O6/c1-5-9-25-51(26-10-6-2)33-21-23-39-43(29-33)57-45-32-46-42(31-41(45)47(39)35-17-13-15-19-37(35)49(53)54)48(36-18-14-16-20-38(36)50(55)56)40-24-22-34(30-44(40)58-46)52(27-11-7-3)28-12-8-4/h13-24,29-32,39,47H,5-12,25-28H2,1-4H3/p+2. The van der Waals surface area contributed by atoms with Gasteiger partial charge in [0.25, 0.3) is 0 Å². The molecule has 0 spiro atoms. The first kappa shape index (κ1) is 40.4. The minimum Gasteiger partial charge on any atom is -0.478 e. The van der Waals surface area contributed by atoms with Gasteiger partial charge in [-0.1, -0.05) is 95.9 Å². The number of carboxylic acid groups (broad SMARTS) is 2. The maximum absolute atomic E-state index is 12.8. The molecule has 2 aliphatic carbocycles. The Morgan fingerprint density at radius 3 is 1.95 bits per heavy atom. The third-order valence-corrected chi connectivity index (χ3v) is 11.7. The fraction of sp³-hybridized carbons (Fsp3) is 0.360. The molecule has 8 nitrogen and oxygen atoms in total. The fourth-order valence-electron chi connectivity index (χ4n) is 8.57. The number of ether oxygens (including phenoxy) is 1. The van der Waals surface area contributed by atoms with E-state index in [1.807, 2.05) is 36.4 Å². The Bertz CT molecular complexity index is 2450. The topological polar surface area (TPSA) is 103 Å². The van der Waals surface area contributed by atoms with E-state index in [1.165, 1.54) is 0 Å². The van der Waals surface area contributed by atoms with Gasteiger partial charge in [-0.25, -0.2) is 18.7 Å². The monoisotopic (exact) mass is 780 g/mol. The van der Waals surface area contributed by atoms with Crippen molar-refractivity contribution < 1.29 is 33.5 Å². The van der Waals surface area contributed by atoms with Crippen LogP contribution in [-0.4, -0.2) is 58.6 Å². The first-order chi connectivity index (χ1) is 28.3. The lowest BCUT2D eigenvalue weighted by atomic mass is 9.74. The van der Waals surface area contributed by atoms with Crippen LogP contribution in [0.15, 0.2) is 107 Å². The third-order valence-electron chi connectivity index (χ3n) is 11.7. The number of hydrogen-bond donors (Lipinski definition) is 2. The molecule has 0 saturated carbocycles. The van der Waals surface area contributed by atoms with E-state index >= 15 is 0 Å². The van der Waals surface area contributed by atoms with Crippen LogP contribution in [0.1, 0.15) is 117 Å². The van der Waals surface area contributed by atoms with Crippen LogP contribution in [0.5, 0.6) is 5.75 Å². The quantitative estimate of drug-likeness (QED) is 0.0763.